The summed E-state index contributed by atoms with van der Waals surface area (Å²) in [7, 11) is 0. The van der Waals surface area contributed by atoms with Crippen LogP contribution in [-0.2, 0) is 43.7 Å². The Morgan fingerprint density at radius 1 is 0.672 bits per heavy atom. The van der Waals surface area contributed by atoms with Crippen molar-refractivity contribution >= 4 is 11.0 Å². The number of phenolic OH excluding ortho intramolecular Hbond substituents is 1. The summed E-state index contributed by atoms with van der Waals surface area (Å²) in [6.45, 7) is 25.0. The van der Waals surface area contributed by atoms with Gasteiger partial charge in [-0.05, 0) is 93.6 Å². The molecule has 8 aromatic rings. The predicted molar refractivity (Wildman–Crippen MR) is 266 cm³/mol. The van der Waals surface area contributed by atoms with E-state index in [-0.39, 0.29) is 84.8 Å². The van der Waals surface area contributed by atoms with Crippen LogP contribution in [0.4, 0.5) is 0 Å². The zero-order chi connectivity index (χ0) is 51.1. The Labute approximate surface area is 406 Å². The van der Waals surface area contributed by atoms with Crippen LogP contribution in [0.15, 0.2) is 133 Å². The molecule has 0 aliphatic carbocycles. The number of phenols is 1. The SMILES string of the molecule is [2H]c1nc(-c2[c-]c(-c3cccc4c3nc(-c3cc(C(C)(C)C)cc(C(C)(C)C)c3O)n4-c3ccc(CC(C)C)cc3-c3ccccc3)cc(C(C)(C)C)c2)c([2H])c(-c2c([2H])c([2H])c(C)c([2H])c2[2H])c1[2H].[Pt]. The second-order valence-corrected chi connectivity index (χ2v) is 20.3. The second-order valence-electron chi connectivity index (χ2n) is 20.3. The van der Waals surface area contributed by atoms with Crippen LogP contribution >= 0.6 is 0 Å². The van der Waals surface area contributed by atoms with E-state index in [1.807, 2.05) is 42.5 Å². The first-order chi connectivity index (χ1) is 32.7. The summed E-state index contributed by atoms with van der Waals surface area (Å²) in [6.07, 6.45) is 0.423. The predicted octanol–water partition coefficient (Wildman–Crippen LogP) is 15.7. The molecule has 0 atom stereocenters. The number of imidazole rings is 1. The minimum Gasteiger partial charge on any atom is -0.507 e. The van der Waals surface area contributed by atoms with Gasteiger partial charge in [0.25, 0.3) is 0 Å². The summed E-state index contributed by atoms with van der Waals surface area (Å²) in [5.41, 5.74) is 9.24. The Balaban J connectivity index is 0.00000741. The van der Waals surface area contributed by atoms with Crippen LogP contribution in [0.1, 0.15) is 114 Å². The van der Waals surface area contributed by atoms with E-state index in [0.717, 1.165) is 51.0 Å². The average Bonchev–Trinajstić information content (AvgIpc) is 3.68. The first-order valence-corrected chi connectivity index (χ1v) is 21.9. The fourth-order valence-corrected chi connectivity index (χ4v) is 8.12. The van der Waals surface area contributed by atoms with Gasteiger partial charge in [-0.3, -0.25) is 9.55 Å². The molecule has 4 nitrogen and oxygen atoms in total. The number of pyridine rings is 1. The third kappa shape index (κ3) is 9.45. The Morgan fingerprint density at radius 3 is 2.00 bits per heavy atom. The van der Waals surface area contributed by atoms with Gasteiger partial charge in [0.05, 0.1) is 31.9 Å². The van der Waals surface area contributed by atoms with E-state index < -0.39 is 23.0 Å². The Hall–Kier alpha value is -5.57. The van der Waals surface area contributed by atoms with Crippen LogP contribution < -0.4 is 0 Å². The number of aromatic nitrogens is 3. The summed E-state index contributed by atoms with van der Waals surface area (Å²) >= 11 is 0. The maximum absolute atomic E-state index is 12.6. The monoisotopic (exact) mass is 1030 g/mol. The molecular weight excluding hydrogens is 962 g/mol. The fourth-order valence-electron chi connectivity index (χ4n) is 8.12. The molecule has 5 heteroatoms. The molecule has 0 saturated carbocycles. The van der Waals surface area contributed by atoms with Gasteiger partial charge in [-0.15, -0.1) is 29.3 Å². The molecular formula is C59H62N3OPt-. The number of hydrogen-bond acceptors (Lipinski definition) is 3. The Bertz CT molecular complexity index is 3350. The number of fused-ring (bicyclic) bond motifs is 1. The third-order valence-electron chi connectivity index (χ3n) is 11.6. The van der Waals surface area contributed by atoms with E-state index in [0.29, 0.717) is 33.9 Å². The van der Waals surface area contributed by atoms with E-state index in [2.05, 4.69) is 140 Å². The van der Waals surface area contributed by atoms with E-state index in [1.165, 1.54) is 12.5 Å². The van der Waals surface area contributed by atoms with Gasteiger partial charge in [0, 0.05) is 44.1 Å². The average molecular weight is 1030 g/mol. The summed E-state index contributed by atoms with van der Waals surface area (Å²) in [5, 5.41) is 12.6. The van der Waals surface area contributed by atoms with Crippen molar-refractivity contribution in [3.8, 4) is 67.5 Å². The van der Waals surface area contributed by atoms with Crippen molar-refractivity contribution in [3.05, 3.63) is 167 Å². The number of hydrogen-bond donors (Lipinski definition) is 1. The maximum Gasteiger partial charge on any atom is 0.148 e. The molecule has 64 heavy (non-hydrogen) atoms. The smallest absolute Gasteiger partial charge is 0.148 e. The van der Waals surface area contributed by atoms with Gasteiger partial charge in [0.1, 0.15) is 11.6 Å². The van der Waals surface area contributed by atoms with Crippen LogP contribution in [0.3, 0.4) is 0 Å². The van der Waals surface area contributed by atoms with Crippen molar-refractivity contribution in [2.24, 2.45) is 5.92 Å². The van der Waals surface area contributed by atoms with Crippen molar-refractivity contribution in [3.63, 3.8) is 0 Å². The molecule has 2 heterocycles. The van der Waals surface area contributed by atoms with Crippen LogP contribution in [-0.4, -0.2) is 19.6 Å². The molecule has 330 valence electrons. The van der Waals surface area contributed by atoms with Gasteiger partial charge in [-0.2, -0.15) is 0 Å². The van der Waals surface area contributed by atoms with Crippen LogP contribution in [0.2, 0.25) is 0 Å². The van der Waals surface area contributed by atoms with Crippen molar-refractivity contribution in [2.75, 3.05) is 0 Å². The third-order valence-corrected chi connectivity index (χ3v) is 11.6. The number of nitrogens with zero attached hydrogens (tertiary/aromatic N) is 3. The first kappa shape index (κ1) is 37.8. The van der Waals surface area contributed by atoms with Gasteiger partial charge in [0.15, 0.2) is 0 Å². The number of para-hydroxylation sites is 1. The van der Waals surface area contributed by atoms with E-state index in [1.54, 1.807) is 0 Å². The molecule has 0 amide bonds. The molecule has 0 radical (unpaired) electrons. The molecule has 0 unspecified atom stereocenters. The number of aromatic hydroxyl groups is 1. The maximum atomic E-state index is 12.6. The molecule has 1 N–H and O–H groups in total. The van der Waals surface area contributed by atoms with Gasteiger partial charge in [-0.25, -0.2) is 4.98 Å². The molecule has 0 aliphatic rings. The number of benzene rings is 6. The molecule has 0 bridgehead atoms. The largest absolute Gasteiger partial charge is 0.507 e. The van der Waals surface area contributed by atoms with Crippen LogP contribution in [0.5, 0.6) is 5.75 Å². The van der Waals surface area contributed by atoms with E-state index >= 15 is 0 Å². The molecule has 0 fully saturated rings. The van der Waals surface area contributed by atoms with Gasteiger partial charge >= 0.3 is 0 Å². The molecule has 0 spiro atoms. The standard InChI is InChI=1S/C59H62N3O.Pt/c1-37(2)29-39-23-26-52(48(30-39)41-17-14-13-15-18-41)62-53-20-16-19-47(54(53)61-56(62)49-35-46(58(7,8)9)36-50(55(49)63)59(10,11)12)43-31-44(33-45(32-43)57(4,5)6)51-34-42(27-28-60-51)40-24-21-38(3)22-25-40;/h13-28,30,32-37,63H,29H2,1-12H3;/q-1;/i21D,22D,24D,25D,27D,28D,34D;. The van der Waals surface area contributed by atoms with Crippen LogP contribution in [0, 0.1) is 18.9 Å². The minimum absolute atomic E-state index is 0. The van der Waals surface area contributed by atoms with Crippen molar-refractivity contribution in [1.29, 1.82) is 0 Å². The second kappa shape index (κ2) is 17.8. The summed E-state index contributed by atoms with van der Waals surface area (Å²) < 4.78 is 64.4. The quantitative estimate of drug-likeness (QED) is 0.154. The number of rotatable bonds is 8. The molecule has 2 aromatic heterocycles. The van der Waals surface area contributed by atoms with Gasteiger partial charge in [-0.1, -0.05) is 178 Å². The minimum atomic E-state index is -0.472. The van der Waals surface area contributed by atoms with Crippen molar-refractivity contribution in [1.82, 2.24) is 14.5 Å². The molecule has 0 saturated heterocycles. The van der Waals surface area contributed by atoms with Crippen molar-refractivity contribution < 1.29 is 35.8 Å². The zero-order valence-electron chi connectivity index (χ0n) is 46.0. The molecule has 0 aliphatic heterocycles. The van der Waals surface area contributed by atoms with Crippen LogP contribution in [0.25, 0.3) is 72.7 Å². The summed E-state index contributed by atoms with van der Waals surface area (Å²) in [5.74, 6) is 1.15. The van der Waals surface area contributed by atoms with E-state index in [9.17, 15) is 6.48 Å². The first-order valence-electron chi connectivity index (χ1n) is 25.4. The van der Waals surface area contributed by atoms with E-state index in [4.69, 9.17) is 13.2 Å². The van der Waals surface area contributed by atoms with Gasteiger partial charge in [0.2, 0.25) is 0 Å². The zero-order valence-corrected chi connectivity index (χ0v) is 41.3. The fraction of sp³-hybridized carbons (Fsp3) is 0.288. The molecule has 6 aromatic carbocycles. The topological polar surface area (TPSA) is 50.9 Å². The summed E-state index contributed by atoms with van der Waals surface area (Å²) in [4.78, 5) is 10.1. The normalized spacial score (nSPS) is 13.7. The Kier molecular flexibility index (Phi) is 10.5. The summed E-state index contributed by atoms with van der Waals surface area (Å²) in [6, 6.07) is 32.6. The Morgan fingerprint density at radius 2 is 1.34 bits per heavy atom. The molecule has 8 rings (SSSR count). The van der Waals surface area contributed by atoms with Gasteiger partial charge < -0.3 is 5.11 Å². The van der Waals surface area contributed by atoms with Crippen molar-refractivity contribution in [2.45, 2.75) is 106 Å².